The minimum Gasteiger partial charge on any atom is -0.399 e. The summed E-state index contributed by atoms with van der Waals surface area (Å²) < 4.78 is 0. The third kappa shape index (κ3) is 6.62. The van der Waals surface area contributed by atoms with Crippen LogP contribution in [0.1, 0.15) is 68.4 Å². The molecule has 0 radical (unpaired) electrons. The van der Waals surface area contributed by atoms with Crippen molar-refractivity contribution >= 4 is 11.7 Å². The summed E-state index contributed by atoms with van der Waals surface area (Å²) in [5.41, 5.74) is 17.2. The number of hydrogen-bond donors (Lipinski definition) is 4. The van der Waals surface area contributed by atoms with Crippen molar-refractivity contribution in [1.29, 1.82) is 0 Å². The number of carbonyl (C=O) groups is 1. The molecule has 38 heavy (non-hydrogen) atoms. The van der Waals surface area contributed by atoms with E-state index in [0.717, 1.165) is 48.2 Å². The molecule has 1 atom stereocenters. The molecule has 1 aromatic rings. The van der Waals surface area contributed by atoms with Gasteiger partial charge in [0.15, 0.2) is 6.79 Å². The number of aliphatic hydroxyl groups excluding tert-OH is 1. The summed E-state index contributed by atoms with van der Waals surface area (Å²) in [4.78, 5) is 22.7. The zero-order chi connectivity index (χ0) is 28.5. The van der Waals surface area contributed by atoms with E-state index in [2.05, 4.69) is 38.4 Å². The van der Waals surface area contributed by atoms with Crippen molar-refractivity contribution in [2.75, 3.05) is 26.9 Å². The number of fused-ring (bicyclic) bond motifs is 1. The standard InChI is InChI=1S/C30H45N5O3/c1-8-23(22(6)31)10-11-24-12-13-25-18-26(28(32)37)14-15-27(25)30(21(24)5,16-17-34-9-2)29(33-7)35(20(3)4)38-19-36/h8,10,14-15,18,20,34,36H,1,6,9,11-13,16-17,19,31H2,2-5,7H3,(H2,32,37)/b23-10+,33-29?. The molecule has 8 nitrogen and oxygen atoms in total. The van der Waals surface area contributed by atoms with Crippen LogP contribution in [-0.4, -0.2) is 54.9 Å². The van der Waals surface area contributed by atoms with E-state index in [1.54, 1.807) is 24.3 Å². The summed E-state index contributed by atoms with van der Waals surface area (Å²) in [5.74, 6) is 0.234. The molecule has 0 heterocycles. The molecule has 0 spiro atoms. The number of primary amides is 1. The van der Waals surface area contributed by atoms with E-state index in [-0.39, 0.29) is 6.04 Å². The lowest BCUT2D eigenvalue weighted by atomic mass is 9.68. The first-order valence-corrected chi connectivity index (χ1v) is 13.2. The highest BCUT2D eigenvalue weighted by Crippen LogP contribution is 2.46. The van der Waals surface area contributed by atoms with E-state index in [1.165, 1.54) is 5.57 Å². The topological polar surface area (TPSA) is 126 Å². The Labute approximate surface area is 227 Å². The number of hydroxylamine groups is 2. The minimum atomic E-state index is -0.699. The summed E-state index contributed by atoms with van der Waals surface area (Å²) in [6.45, 7) is 17.0. The first-order valence-electron chi connectivity index (χ1n) is 13.2. The van der Waals surface area contributed by atoms with Crippen molar-refractivity contribution in [2.24, 2.45) is 16.5 Å². The number of amides is 1. The molecule has 0 aliphatic heterocycles. The van der Waals surface area contributed by atoms with Gasteiger partial charge in [0.1, 0.15) is 5.84 Å². The number of aliphatic imine (C=N–C) groups is 1. The predicted molar refractivity (Wildman–Crippen MR) is 156 cm³/mol. The molecule has 8 heteroatoms. The quantitative estimate of drug-likeness (QED) is 0.0591. The Bertz CT molecular complexity index is 1120. The van der Waals surface area contributed by atoms with Gasteiger partial charge in [0, 0.05) is 18.3 Å². The normalized spacial score (nSPS) is 18.3. The highest BCUT2D eigenvalue weighted by molar-refractivity contribution is 5.98. The fourth-order valence-electron chi connectivity index (χ4n) is 5.35. The van der Waals surface area contributed by atoms with E-state index in [1.807, 2.05) is 26.0 Å². The predicted octanol–water partition coefficient (Wildman–Crippen LogP) is 3.88. The van der Waals surface area contributed by atoms with Crippen molar-refractivity contribution in [3.05, 3.63) is 82.6 Å². The maximum Gasteiger partial charge on any atom is 0.248 e. The molecule has 1 unspecified atom stereocenters. The number of hydrogen-bond acceptors (Lipinski definition) is 6. The second-order valence-electron chi connectivity index (χ2n) is 9.79. The van der Waals surface area contributed by atoms with Gasteiger partial charge in [-0.15, -0.1) is 0 Å². The number of nitrogens with zero attached hydrogens (tertiary/aromatic N) is 2. The Kier molecular flexibility index (Phi) is 11.5. The summed E-state index contributed by atoms with van der Waals surface area (Å²) in [5, 5.41) is 15.0. The van der Waals surface area contributed by atoms with E-state index in [4.69, 9.17) is 21.3 Å². The van der Waals surface area contributed by atoms with Crippen molar-refractivity contribution < 1.29 is 14.7 Å². The number of amidine groups is 1. The van der Waals surface area contributed by atoms with Gasteiger partial charge in [-0.05, 0) is 88.4 Å². The lowest BCUT2D eigenvalue weighted by Gasteiger charge is -2.43. The Morgan fingerprint density at radius 1 is 1.34 bits per heavy atom. The van der Waals surface area contributed by atoms with Crippen LogP contribution in [0, 0.1) is 0 Å². The smallest absolute Gasteiger partial charge is 0.248 e. The zero-order valence-corrected chi connectivity index (χ0v) is 23.6. The number of nitrogens with one attached hydrogen (secondary N) is 1. The average molecular weight is 524 g/mol. The molecule has 208 valence electrons. The Balaban J connectivity index is 2.95. The number of rotatable bonds is 13. The molecule has 1 aliphatic carbocycles. The molecule has 0 saturated carbocycles. The fourth-order valence-corrected chi connectivity index (χ4v) is 5.35. The van der Waals surface area contributed by atoms with Crippen LogP contribution >= 0.6 is 0 Å². The van der Waals surface area contributed by atoms with Crippen LogP contribution in [0.15, 0.2) is 70.9 Å². The molecule has 0 saturated heterocycles. The third-order valence-electron chi connectivity index (χ3n) is 7.27. The fraction of sp³-hybridized carbons (Fsp3) is 0.467. The Morgan fingerprint density at radius 3 is 2.58 bits per heavy atom. The Hall–Kier alpha value is -3.20. The van der Waals surface area contributed by atoms with Gasteiger partial charge < -0.3 is 21.9 Å². The van der Waals surface area contributed by atoms with Crippen LogP contribution in [0.25, 0.3) is 0 Å². The highest BCUT2D eigenvalue weighted by Gasteiger charge is 2.46. The number of aliphatic hydroxyl groups is 1. The van der Waals surface area contributed by atoms with Crippen LogP contribution in [0.5, 0.6) is 0 Å². The summed E-state index contributed by atoms with van der Waals surface area (Å²) in [7, 11) is 1.75. The van der Waals surface area contributed by atoms with Gasteiger partial charge in [0.2, 0.25) is 5.91 Å². The van der Waals surface area contributed by atoms with Crippen LogP contribution in [-0.2, 0) is 16.7 Å². The average Bonchev–Trinajstić information content (AvgIpc) is 2.99. The van der Waals surface area contributed by atoms with Crippen LogP contribution in [0.2, 0.25) is 0 Å². The van der Waals surface area contributed by atoms with Gasteiger partial charge in [-0.1, -0.05) is 49.4 Å². The molecule has 2 rings (SSSR count). The molecular formula is C30H45N5O3. The van der Waals surface area contributed by atoms with Crippen LogP contribution < -0.4 is 16.8 Å². The number of nitrogens with two attached hydrogens (primary N) is 2. The molecule has 1 amide bonds. The van der Waals surface area contributed by atoms with Crippen molar-refractivity contribution in [3.63, 3.8) is 0 Å². The highest BCUT2D eigenvalue weighted by atomic mass is 16.7. The first kappa shape index (κ1) is 31.0. The number of allylic oxidation sites excluding steroid dienone is 3. The van der Waals surface area contributed by atoms with Gasteiger partial charge >= 0.3 is 0 Å². The van der Waals surface area contributed by atoms with Gasteiger partial charge in [0.05, 0.1) is 11.5 Å². The maximum atomic E-state index is 12.1. The van der Waals surface area contributed by atoms with Crippen LogP contribution in [0.4, 0.5) is 0 Å². The van der Waals surface area contributed by atoms with Gasteiger partial charge in [-0.25, -0.2) is 9.90 Å². The number of aryl methyl sites for hydroxylation is 1. The molecule has 1 aliphatic rings. The van der Waals surface area contributed by atoms with Crippen molar-refractivity contribution in [3.8, 4) is 0 Å². The van der Waals surface area contributed by atoms with Gasteiger partial charge in [-0.3, -0.25) is 9.79 Å². The lowest BCUT2D eigenvalue weighted by molar-refractivity contribution is -0.181. The third-order valence-corrected chi connectivity index (χ3v) is 7.27. The molecule has 0 bridgehead atoms. The van der Waals surface area contributed by atoms with Crippen molar-refractivity contribution in [1.82, 2.24) is 10.4 Å². The number of carbonyl (C=O) groups excluding carboxylic acids is 1. The van der Waals surface area contributed by atoms with Gasteiger partial charge in [-0.2, -0.15) is 0 Å². The molecule has 0 aromatic heterocycles. The maximum absolute atomic E-state index is 12.1. The summed E-state index contributed by atoms with van der Waals surface area (Å²) in [6, 6.07) is 5.60. The van der Waals surface area contributed by atoms with E-state index < -0.39 is 18.1 Å². The lowest BCUT2D eigenvalue weighted by Crippen LogP contribution is -2.52. The largest absolute Gasteiger partial charge is 0.399 e. The summed E-state index contributed by atoms with van der Waals surface area (Å²) in [6.07, 6.45) is 6.62. The SMILES string of the molecule is C=C/C(=C\CC1=C(C)C(CCNCC)(C(=NC)N(OCO)C(C)C)c2ccc(C(N)=O)cc2CC1)C(=C)N. The second kappa shape index (κ2) is 14.1. The monoisotopic (exact) mass is 523 g/mol. The Morgan fingerprint density at radius 2 is 2.05 bits per heavy atom. The first-order chi connectivity index (χ1) is 18.1. The number of benzene rings is 1. The molecule has 1 aromatic carbocycles. The van der Waals surface area contributed by atoms with Gasteiger partial charge in [0.25, 0.3) is 0 Å². The molecule has 6 N–H and O–H groups in total. The molecular weight excluding hydrogens is 478 g/mol. The van der Waals surface area contributed by atoms with Crippen molar-refractivity contribution in [2.45, 2.75) is 64.8 Å². The van der Waals surface area contributed by atoms with E-state index in [9.17, 15) is 9.90 Å². The molecule has 0 fully saturated rings. The zero-order valence-electron chi connectivity index (χ0n) is 23.6. The minimum absolute atomic E-state index is 0.0995. The second-order valence-corrected chi connectivity index (χ2v) is 9.79. The van der Waals surface area contributed by atoms with E-state index >= 15 is 0 Å². The van der Waals surface area contributed by atoms with E-state index in [0.29, 0.717) is 29.9 Å². The summed E-state index contributed by atoms with van der Waals surface area (Å²) >= 11 is 0. The van der Waals surface area contributed by atoms with Crippen LogP contribution in [0.3, 0.4) is 0 Å².